The molecule has 0 fully saturated rings. The molecule has 0 N–H and O–H groups in total. The van der Waals surface area contributed by atoms with Crippen molar-refractivity contribution < 1.29 is 13.2 Å². The normalized spacial score (nSPS) is 11.8. The number of hydrogen-bond acceptors (Lipinski definition) is 1. The summed E-state index contributed by atoms with van der Waals surface area (Å²) in [6.45, 7) is 0. The van der Waals surface area contributed by atoms with E-state index in [1.807, 2.05) is 0 Å². The summed E-state index contributed by atoms with van der Waals surface area (Å²) in [5.41, 5.74) is -0.598. The summed E-state index contributed by atoms with van der Waals surface area (Å²) in [6, 6.07) is 5.38. The Hall–Kier alpha value is -0.240. The van der Waals surface area contributed by atoms with E-state index in [1.54, 1.807) is 22.6 Å². The Morgan fingerprint density at radius 1 is 1.00 bits per heavy atom. The monoisotopic (exact) mass is 451 g/mol. The molecule has 1 aromatic carbocycles. The summed E-state index contributed by atoms with van der Waals surface area (Å²) >= 11 is 19.5. The van der Waals surface area contributed by atoms with Gasteiger partial charge in [-0.2, -0.15) is 13.2 Å². The van der Waals surface area contributed by atoms with E-state index >= 15 is 0 Å². The maximum absolute atomic E-state index is 12.8. The van der Waals surface area contributed by atoms with Gasteiger partial charge in [-0.3, -0.25) is 0 Å². The fourth-order valence-electron chi connectivity index (χ4n) is 1.50. The van der Waals surface area contributed by atoms with E-state index in [9.17, 15) is 13.2 Å². The molecule has 106 valence electrons. The Morgan fingerprint density at radius 2 is 1.65 bits per heavy atom. The van der Waals surface area contributed by atoms with Crippen LogP contribution in [0.1, 0.15) is 5.69 Å². The third-order valence-corrected chi connectivity index (χ3v) is 4.31. The van der Waals surface area contributed by atoms with Crippen LogP contribution in [-0.4, -0.2) is 4.98 Å². The van der Waals surface area contributed by atoms with E-state index in [0.717, 1.165) is 6.07 Å². The van der Waals surface area contributed by atoms with Crippen molar-refractivity contribution in [3.63, 3.8) is 0 Å². The molecule has 0 radical (unpaired) electrons. The highest BCUT2D eigenvalue weighted by atomic mass is 127. The maximum atomic E-state index is 12.8. The molecule has 8 heteroatoms. The summed E-state index contributed by atoms with van der Waals surface area (Å²) < 4.78 is 38.7. The van der Waals surface area contributed by atoms with Crippen molar-refractivity contribution in [2.75, 3.05) is 0 Å². The molecule has 0 spiro atoms. The van der Waals surface area contributed by atoms with Gasteiger partial charge in [0.25, 0.3) is 0 Å². The molecule has 0 bridgehead atoms. The van der Waals surface area contributed by atoms with E-state index in [0.29, 0.717) is 9.13 Å². The van der Waals surface area contributed by atoms with Crippen LogP contribution in [0.5, 0.6) is 0 Å². The van der Waals surface area contributed by atoms with Crippen molar-refractivity contribution in [3.05, 3.63) is 48.6 Å². The minimum atomic E-state index is -4.53. The van der Waals surface area contributed by atoms with Crippen LogP contribution in [0.2, 0.25) is 15.1 Å². The summed E-state index contributed by atoms with van der Waals surface area (Å²) in [5.74, 6) is 0. The highest BCUT2D eigenvalue weighted by molar-refractivity contribution is 14.1. The summed E-state index contributed by atoms with van der Waals surface area (Å²) in [4.78, 5) is 3.59. The number of aromatic nitrogens is 1. The first kappa shape index (κ1) is 16.1. The largest absolute Gasteiger partial charge is 0.433 e. The number of alkyl halides is 3. The Morgan fingerprint density at radius 3 is 2.25 bits per heavy atom. The zero-order valence-corrected chi connectivity index (χ0v) is 13.8. The second-order valence-corrected chi connectivity index (χ2v) is 6.19. The molecule has 0 aliphatic carbocycles. The predicted molar refractivity (Wildman–Crippen MR) is 82.4 cm³/mol. The Labute approximate surface area is 141 Å². The third kappa shape index (κ3) is 3.32. The molecule has 0 unspecified atom stereocenters. The molecule has 2 rings (SSSR count). The third-order valence-electron chi connectivity index (χ3n) is 2.39. The zero-order valence-electron chi connectivity index (χ0n) is 9.40. The number of pyridine rings is 1. The molecule has 2 aromatic rings. The van der Waals surface area contributed by atoms with Crippen LogP contribution in [0.4, 0.5) is 13.2 Å². The zero-order chi connectivity index (χ0) is 15.1. The first-order valence-electron chi connectivity index (χ1n) is 5.09. The van der Waals surface area contributed by atoms with Gasteiger partial charge in [-0.05, 0) is 46.9 Å². The van der Waals surface area contributed by atoms with Gasteiger partial charge in [0.1, 0.15) is 5.69 Å². The lowest BCUT2D eigenvalue weighted by molar-refractivity contribution is -0.141. The molecule has 0 atom stereocenters. The van der Waals surface area contributed by atoms with Crippen LogP contribution in [-0.2, 0) is 6.18 Å². The van der Waals surface area contributed by atoms with Crippen LogP contribution in [0.25, 0.3) is 11.3 Å². The van der Waals surface area contributed by atoms with Crippen LogP contribution in [0, 0.1) is 3.57 Å². The van der Waals surface area contributed by atoms with Gasteiger partial charge in [0.2, 0.25) is 0 Å². The Bertz CT molecular complexity index is 674. The maximum Gasteiger partial charge on any atom is 0.433 e. The molecule has 1 aromatic heterocycles. The fraction of sp³-hybridized carbons (Fsp3) is 0.0833. The van der Waals surface area contributed by atoms with Crippen LogP contribution in [0.3, 0.4) is 0 Å². The van der Waals surface area contributed by atoms with Gasteiger partial charge in [-0.15, -0.1) is 0 Å². The average Bonchev–Trinajstić information content (AvgIpc) is 2.34. The quantitative estimate of drug-likeness (QED) is 0.364. The number of nitrogens with zero attached hydrogens (tertiary/aromatic N) is 1. The Balaban J connectivity index is 2.65. The molecule has 0 saturated carbocycles. The van der Waals surface area contributed by atoms with Gasteiger partial charge in [0.15, 0.2) is 0 Å². The summed E-state index contributed by atoms with van der Waals surface area (Å²) in [5, 5.41) is 0.379. The van der Waals surface area contributed by atoms with Crippen molar-refractivity contribution >= 4 is 57.4 Å². The second kappa shape index (κ2) is 5.87. The lowest BCUT2D eigenvalue weighted by Crippen LogP contribution is -2.09. The van der Waals surface area contributed by atoms with E-state index in [1.165, 1.54) is 18.2 Å². The lowest BCUT2D eigenvalue weighted by Gasteiger charge is -2.11. The van der Waals surface area contributed by atoms with Crippen LogP contribution >= 0.6 is 57.4 Å². The highest BCUT2D eigenvalue weighted by Crippen LogP contribution is 2.39. The fourth-order valence-corrected chi connectivity index (χ4v) is 2.73. The predicted octanol–water partition coefficient (Wildman–Crippen LogP) is 6.33. The van der Waals surface area contributed by atoms with Crippen molar-refractivity contribution in [2.24, 2.45) is 0 Å². The number of halogens is 7. The molecular formula is C12H4Cl3F3IN. The van der Waals surface area contributed by atoms with Crippen LogP contribution in [0.15, 0.2) is 24.3 Å². The minimum absolute atomic E-state index is 0.0711. The van der Waals surface area contributed by atoms with Gasteiger partial charge < -0.3 is 0 Å². The number of hydrogen-bond donors (Lipinski definition) is 0. The van der Waals surface area contributed by atoms with Crippen molar-refractivity contribution in [1.82, 2.24) is 4.98 Å². The van der Waals surface area contributed by atoms with Gasteiger partial charge >= 0.3 is 6.18 Å². The number of benzene rings is 1. The second-order valence-electron chi connectivity index (χ2n) is 3.78. The molecule has 0 aliphatic rings. The first-order valence-corrected chi connectivity index (χ1v) is 7.30. The summed E-state index contributed by atoms with van der Waals surface area (Å²) in [6.07, 6.45) is -4.53. The van der Waals surface area contributed by atoms with Gasteiger partial charge in [0.05, 0.1) is 20.8 Å². The van der Waals surface area contributed by atoms with Crippen LogP contribution < -0.4 is 0 Å². The molecule has 1 heterocycles. The SMILES string of the molecule is FC(F)(F)c1cc(I)cc(-c2ccc(Cl)c(Cl)c2Cl)n1. The van der Waals surface area contributed by atoms with Crippen molar-refractivity contribution in [2.45, 2.75) is 6.18 Å². The average molecular weight is 452 g/mol. The molecule has 0 saturated heterocycles. The molecule has 0 amide bonds. The van der Waals surface area contributed by atoms with E-state index in [2.05, 4.69) is 4.98 Å². The molecule has 1 nitrogen and oxygen atoms in total. The lowest BCUT2D eigenvalue weighted by atomic mass is 10.1. The minimum Gasteiger partial charge on any atom is -0.243 e. The summed E-state index contributed by atoms with van der Waals surface area (Å²) in [7, 11) is 0. The van der Waals surface area contributed by atoms with Gasteiger partial charge in [-0.25, -0.2) is 4.98 Å². The van der Waals surface area contributed by atoms with Crippen molar-refractivity contribution in [1.29, 1.82) is 0 Å². The highest BCUT2D eigenvalue weighted by Gasteiger charge is 2.33. The first-order chi connectivity index (χ1) is 9.20. The van der Waals surface area contributed by atoms with Gasteiger partial charge in [0, 0.05) is 9.13 Å². The Kier molecular flexibility index (Phi) is 4.73. The molecular weight excluding hydrogens is 448 g/mol. The van der Waals surface area contributed by atoms with E-state index < -0.39 is 11.9 Å². The molecule has 0 aliphatic heterocycles. The number of rotatable bonds is 1. The van der Waals surface area contributed by atoms with Crippen molar-refractivity contribution in [3.8, 4) is 11.3 Å². The van der Waals surface area contributed by atoms with E-state index in [4.69, 9.17) is 34.8 Å². The molecule has 20 heavy (non-hydrogen) atoms. The van der Waals surface area contributed by atoms with E-state index in [-0.39, 0.29) is 20.8 Å². The topological polar surface area (TPSA) is 12.9 Å². The standard InChI is InChI=1S/C12H4Cl3F3IN/c13-7-2-1-6(10(14)11(7)15)8-3-5(19)4-9(20-8)12(16,17)18/h1-4H. The van der Waals surface area contributed by atoms with Gasteiger partial charge in [-0.1, -0.05) is 34.8 Å². The smallest absolute Gasteiger partial charge is 0.243 e.